The second kappa shape index (κ2) is 6.88. The smallest absolute Gasteiger partial charge is 0.336 e. The molecule has 96 valence electrons. The summed E-state index contributed by atoms with van der Waals surface area (Å²) in [5.41, 5.74) is 0.342. The van der Waals surface area contributed by atoms with Crippen LogP contribution >= 0.6 is 11.3 Å². The molecule has 1 aromatic heterocycles. The van der Waals surface area contributed by atoms with Gasteiger partial charge in [-0.3, -0.25) is 4.21 Å². The maximum atomic E-state index is 11.1. The topological polar surface area (TPSA) is 66.4 Å². The fraction of sp³-hybridized carbons (Fsp3) is 0.545. The van der Waals surface area contributed by atoms with Crippen LogP contribution in [0.25, 0.3) is 0 Å². The molecule has 1 aromatic rings. The van der Waals surface area contributed by atoms with E-state index in [0.717, 1.165) is 17.8 Å². The van der Waals surface area contributed by atoms with E-state index in [1.54, 1.807) is 17.7 Å². The Morgan fingerprint density at radius 2 is 2.35 bits per heavy atom. The predicted molar refractivity (Wildman–Crippen MR) is 71.1 cm³/mol. The first-order valence-corrected chi connectivity index (χ1v) is 7.84. The van der Waals surface area contributed by atoms with Crippen molar-refractivity contribution < 1.29 is 14.1 Å². The van der Waals surface area contributed by atoms with Crippen LogP contribution < -0.4 is 5.32 Å². The minimum absolute atomic E-state index is 0.195. The Morgan fingerprint density at radius 3 is 2.88 bits per heavy atom. The lowest BCUT2D eigenvalue weighted by Crippen LogP contribution is -2.20. The summed E-state index contributed by atoms with van der Waals surface area (Å²) in [5, 5.41) is 13.8. The molecule has 1 heterocycles. The molecule has 0 fully saturated rings. The third-order valence-corrected chi connectivity index (χ3v) is 4.80. The minimum Gasteiger partial charge on any atom is -0.478 e. The third kappa shape index (κ3) is 4.97. The highest BCUT2D eigenvalue weighted by Crippen LogP contribution is 2.14. The van der Waals surface area contributed by atoms with Crippen molar-refractivity contribution >= 4 is 28.1 Å². The zero-order chi connectivity index (χ0) is 12.8. The average Bonchev–Trinajstić information content (AvgIpc) is 2.72. The van der Waals surface area contributed by atoms with E-state index in [1.165, 1.54) is 11.3 Å². The molecule has 4 nitrogen and oxygen atoms in total. The van der Waals surface area contributed by atoms with Gasteiger partial charge in [-0.1, -0.05) is 6.92 Å². The lowest BCUT2D eigenvalue weighted by molar-refractivity contribution is 0.0697. The number of carboxylic acids is 1. The average molecular weight is 275 g/mol. The summed E-state index contributed by atoms with van der Waals surface area (Å²) >= 11 is 1.44. The number of rotatable bonds is 7. The van der Waals surface area contributed by atoms with E-state index in [2.05, 4.69) is 5.32 Å². The van der Waals surface area contributed by atoms with Crippen molar-refractivity contribution in [3.8, 4) is 0 Å². The summed E-state index contributed by atoms with van der Waals surface area (Å²) in [6.45, 7) is 3.42. The SMILES string of the molecule is CC(CCNCc1cc(C(=O)O)cs1)S(C)=O. The van der Waals surface area contributed by atoms with E-state index in [9.17, 15) is 9.00 Å². The lowest BCUT2D eigenvalue weighted by Gasteiger charge is -2.08. The molecule has 2 unspecified atom stereocenters. The van der Waals surface area contributed by atoms with Crippen LogP contribution in [0.5, 0.6) is 0 Å². The standard InChI is InChI=1S/C11H17NO3S2/c1-8(17(2)15)3-4-12-6-10-5-9(7-16-10)11(13)14/h5,7-8,12H,3-4,6H2,1-2H3,(H,13,14). The van der Waals surface area contributed by atoms with Gasteiger partial charge in [-0.15, -0.1) is 11.3 Å². The van der Waals surface area contributed by atoms with Crippen LogP contribution in [0.3, 0.4) is 0 Å². The van der Waals surface area contributed by atoms with Gasteiger partial charge in [0, 0.05) is 39.1 Å². The van der Waals surface area contributed by atoms with Gasteiger partial charge < -0.3 is 10.4 Å². The zero-order valence-electron chi connectivity index (χ0n) is 9.93. The minimum atomic E-state index is -0.887. The molecular formula is C11H17NO3S2. The third-order valence-electron chi connectivity index (χ3n) is 2.49. The normalized spacial score (nSPS) is 14.5. The summed E-state index contributed by atoms with van der Waals surface area (Å²) in [7, 11) is -0.775. The first-order chi connectivity index (χ1) is 8.00. The number of carbonyl (C=O) groups is 1. The lowest BCUT2D eigenvalue weighted by atomic mass is 10.3. The quantitative estimate of drug-likeness (QED) is 0.743. The molecule has 17 heavy (non-hydrogen) atoms. The van der Waals surface area contributed by atoms with Gasteiger partial charge in [0.15, 0.2) is 0 Å². The van der Waals surface area contributed by atoms with Crippen molar-refractivity contribution in [1.82, 2.24) is 5.32 Å². The maximum absolute atomic E-state index is 11.1. The molecule has 0 bridgehead atoms. The largest absolute Gasteiger partial charge is 0.478 e. The van der Waals surface area contributed by atoms with Crippen molar-refractivity contribution in [3.05, 3.63) is 21.9 Å². The van der Waals surface area contributed by atoms with Crippen molar-refractivity contribution in [1.29, 1.82) is 0 Å². The predicted octanol–water partition coefficient (Wildman–Crippen LogP) is 1.69. The van der Waals surface area contributed by atoms with Crippen molar-refractivity contribution in [2.45, 2.75) is 25.1 Å². The van der Waals surface area contributed by atoms with Gasteiger partial charge in [0.05, 0.1) is 5.56 Å². The zero-order valence-corrected chi connectivity index (χ0v) is 11.6. The fourth-order valence-corrected chi connectivity index (χ4v) is 2.55. The maximum Gasteiger partial charge on any atom is 0.336 e. The molecule has 0 aliphatic rings. The molecule has 0 saturated carbocycles. The van der Waals surface area contributed by atoms with Gasteiger partial charge in [-0.25, -0.2) is 4.79 Å². The van der Waals surface area contributed by atoms with Crippen LogP contribution in [0.4, 0.5) is 0 Å². The van der Waals surface area contributed by atoms with E-state index < -0.39 is 16.8 Å². The number of nitrogens with one attached hydrogen (secondary N) is 1. The second-order valence-electron chi connectivity index (χ2n) is 3.88. The Bertz CT molecular complexity index is 403. The van der Waals surface area contributed by atoms with Crippen LogP contribution in [0.1, 0.15) is 28.6 Å². The van der Waals surface area contributed by atoms with E-state index in [-0.39, 0.29) is 5.25 Å². The Kier molecular flexibility index (Phi) is 5.80. The number of carboxylic acid groups (broad SMARTS) is 1. The number of thiophene rings is 1. The number of aromatic carboxylic acids is 1. The Balaban J connectivity index is 2.26. The molecule has 0 aliphatic carbocycles. The molecular weight excluding hydrogens is 258 g/mol. The Hall–Kier alpha value is -0.720. The van der Waals surface area contributed by atoms with Crippen LogP contribution in [-0.2, 0) is 17.3 Å². The van der Waals surface area contributed by atoms with E-state index in [1.807, 2.05) is 6.92 Å². The first kappa shape index (κ1) is 14.3. The molecule has 0 aromatic carbocycles. The van der Waals surface area contributed by atoms with Crippen LogP contribution in [0.15, 0.2) is 11.4 Å². The monoisotopic (exact) mass is 275 g/mol. The molecule has 1 rings (SSSR count). The summed E-state index contributed by atoms with van der Waals surface area (Å²) < 4.78 is 11.1. The summed E-state index contributed by atoms with van der Waals surface area (Å²) in [6.07, 6.45) is 2.57. The van der Waals surface area contributed by atoms with Gasteiger partial charge in [0.1, 0.15) is 0 Å². The molecule has 0 amide bonds. The highest BCUT2D eigenvalue weighted by molar-refractivity contribution is 7.84. The highest BCUT2D eigenvalue weighted by atomic mass is 32.2. The number of hydrogen-bond acceptors (Lipinski definition) is 4. The Labute approximate surface area is 108 Å². The highest BCUT2D eigenvalue weighted by Gasteiger charge is 2.07. The van der Waals surface area contributed by atoms with Crippen molar-refractivity contribution in [2.24, 2.45) is 0 Å². The van der Waals surface area contributed by atoms with E-state index >= 15 is 0 Å². The second-order valence-corrected chi connectivity index (χ2v) is 6.68. The van der Waals surface area contributed by atoms with Crippen LogP contribution in [0, 0.1) is 0 Å². The first-order valence-electron chi connectivity index (χ1n) is 5.34. The molecule has 0 radical (unpaired) electrons. The molecule has 6 heteroatoms. The fourth-order valence-electron chi connectivity index (χ4n) is 1.27. The summed E-state index contributed by atoms with van der Waals surface area (Å²) in [5.74, 6) is -0.887. The number of hydrogen-bond donors (Lipinski definition) is 2. The van der Waals surface area contributed by atoms with Gasteiger partial charge in [-0.05, 0) is 19.0 Å². The molecule has 2 atom stereocenters. The van der Waals surface area contributed by atoms with Crippen LogP contribution in [0.2, 0.25) is 0 Å². The van der Waals surface area contributed by atoms with E-state index in [4.69, 9.17) is 5.11 Å². The molecule has 0 aliphatic heterocycles. The van der Waals surface area contributed by atoms with Gasteiger partial charge in [0.2, 0.25) is 0 Å². The molecule has 2 N–H and O–H groups in total. The summed E-state index contributed by atoms with van der Waals surface area (Å²) in [4.78, 5) is 11.7. The Morgan fingerprint density at radius 1 is 1.65 bits per heavy atom. The molecule has 0 spiro atoms. The van der Waals surface area contributed by atoms with Gasteiger partial charge >= 0.3 is 5.97 Å². The van der Waals surface area contributed by atoms with Crippen LogP contribution in [-0.4, -0.2) is 33.3 Å². The summed E-state index contributed by atoms with van der Waals surface area (Å²) in [6, 6.07) is 1.68. The van der Waals surface area contributed by atoms with Crippen molar-refractivity contribution in [2.75, 3.05) is 12.8 Å². The molecule has 0 saturated heterocycles. The van der Waals surface area contributed by atoms with Gasteiger partial charge in [-0.2, -0.15) is 0 Å². The van der Waals surface area contributed by atoms with Crippen molar-refractivity contribution in [3.63, 3.8) is 0 Å². The van der Waals surface area contributed by atoms with E-state index in [0.29, 0.717) is 12.1 Å². The van der Waals surface area contributed by atoms with Gasteiger partial charge in [0.25, 0.3) is 0 Å².